The Morgan fingerprint density at radius 2 is 1.25 bits per heavy atom. The first kappa shape index (κ1) is 26.7. The highest BCUT2D eigenvalue weighted by molar-refractivity contribution is 7.99. The van der Waals surface area contributed by atoms with Crippen LogP contribution in [-0.4, -0.2) is 18.9 Å². The maximum absolute atomic E-state index is 5.57. The molecule has 2 nitrogen and oxygen atoms in total. The van der Waals surface area contributed by atoms with Crippen molar-refractivity contribution in [2.24, 2.45) is 17.8 Å². The Labute approximate surface area is 223 Å². The molecule has 0 aromatic heterocycles. The number of para-hydroxylation sites is 2. The van der Waals surface area contributed by atoms with Crippen LogP contribution in [0.3, 0.4) is 0 Å². The number of fused-ring (bicyclic) bond motifs is 3. The Morgan fingerprint density at radius 1 is 0.667 bits per heavy atom. The van der Waals surface area contributed by atoms with Crippen LogP contribution >= 0.6 is 11.8 Å². The highest BCUT2D eigenvalue weighted by Crippen LogP contribution is 2.42. The largest absolute Gasteiger partial charge is 0.493 e. The minimum atomic E-state index is 0.598. The van der Waals surface area contributed by atoms with Gasteiger partial charge >= 0.3 is 0 Å². The maximum atomic E-state index is 5.57. The third-order valence-corrected chi connectivity index (χ3v) is 8.97. The molecule has 3 atom stereocenters. The molecule has 192 valence electrons. The molecule has 1 N–H and O–H groups in total. The zero-order chi connectivity index (χ0) is 25.7. The van der Waals surface area contributed by atoms with Crippen molar-refractivity contribution in [2.45, 2.75) is 64.2 Å². The van der Waals surface area contributed by atoms with Crippen molar-refractivity contribution >= 4 is 17.4 Å². The zero-order valence-corrected chi connectivity index (χ0v) is 23.6. The van der Waals surface area contributed by atoms with Gasteiger partial charge in [-0.2, -0.15) is 0 Å². The summed E-state index contributed by atoms with van der Waals surface area (Å²) in [6.45, 7) is 15.7. The number of nitrogens with one attached hydrogen (secondary N) is 1. The van der Waals surface area contributed by atoms with E-state index in [1.807, 2.05) is 17.8 Å². The van der Waals surface area contributed by atoms with Crippen molar-refractivity contribution in [3.63, 3.8) is 0 Å². The van der Waals surface area contributed by atoms with Crippen molar-refractivity contribution in [2.75, 3.05) is 24.2 Å². The topological polar surface area (TPSA) is 21.3 Å². The summed E-state index contributed by atoms with van der Waals surface area (Å²) in [5.74, 6) is 6.64. The average Bonchev–Trinajstić information content (AvgIpc) is 3.61. The molecule has 0 radical (unpaired) electrons. The molecule has 3 heteroatoms. The molecule has 0 aliphatic carbocycles. The van der Waals surface area contributed by atoms with E-state index in [9.17, 15) is 0 Å². The van der Waals surface area contributed by atoms with E-state index in [4.69, 9.17) is 4.74 Å². The summed E-state index contributed by atoms with van der Waals surface area (Å²) in [6.07, 6.45) is 0. The molecule has 6 rings (SSSR count). The molecule has 3 heterocycles. The predicted molar refractivity (Wildman–Crippen MR) is 157 cm³/mol. The number of hydrogen-bond donors (Lipinski definition) is 1. The standard InChI is InChI=1S/C11H15N.C11H14O.C11H14S/c3*1-8(2)10-7-12-11-6-4-3-5-9(10)11/h3-6,8,10,12H,7H2,1-2H3;2*3-6,8,10H,7H2,1-2H3. The highest BCUT2D eigenvalue weighted by atomic mass is 32.2. The number of benzene rings is 3. The lowest BCUT2D eigenvalue weighted by Crippen LogP contribution is -2.08. The van der Waals surface area contributed by atoms with Gasteiger partial charge in [-0.05, 0) is 53.0 Å². The number of thioether (sulfide) groups is 1. The molecule has 0 saturated heterocycles. The molecule has 3 aromatic carbocycles. The normalized spacial score (nSPS) is 21.0. The van der Waals surface area contributed by atoms with Crippen LogP contribution < -0.4 is 10.1 Å². The van der Waals surface area contributed by atoms with Crippen LogP contribution in [0.4, 0.5) is 5.69 Å². The van der Waals surface area contributed by atoms with Crippen LogP contribution in [0.25, 0.3) is 0 Å². The van der Waals surface area contributed by atoms with E-state index < -0.39 is 0 Å². The average molecular weight is 502 g/mol. The van der Waals surface area contributed by atoms with Crippen molar-refractivity contribution in [1.82, 2.24) is 0 Å². The van der Waals surface area contributed by atoms with Crippen LogP contribution in [0.1, 0.15) is 76.0 Å². The fourth-order valence-corrected chi connectivity index (χ4v) is 6.87. The first-order valence-electron chi connectivity index (χ1n) is 13.6. The lowest BCUT2D eigenvalue weighted by atomic mass is 9.90. The van der Waals surface area contributed by atoms with Gasteiger partial charge in [-0.1, -0.05) is 96.1 Å². The Morgan fingerprint density at radius 3 is 1.94 bits per heavy atom. The Kier molecular flexibility index (Phi) is 9.06. The fraction of sp³-hybridized carbons (Fsp3) is 0.455. The van der Waals surface area contributed by atoms with Crippen LogP contribution in [0.2, 0.25) is 0 Å². The van der Waals surface area contributed by atoms with Crippen molar-refractivity contribution < 1.29 is 4.74 Å². The van der Waals surface area contributed by atoms with E-state index in [2.05, 4.69) is 114 Å². The third kappa shape index (κ3) is 6.11. The summed E-state index contributed by atoms with van der Waals surface area (Å²) >= 11 is 2.00. The van der Waals surface area contributed by atoms with Gasteiger partial charge in [0, 0.05) is 40.3 Å². The van der Waals surface area contributed by atoms with Crippen LogP contribution in [-0.2, 0) is 0 Å². The molecule has 36 heavy (non-hydrogen) atoms. The van der Waals surface area contributed by atoms with E-state index in [0.29, 0.717) is 17.8 Å². The molecule has 3 aromatic rings. The minimum absolute atomic E-state index is 0.598. The van der Waals surface area contributed by atoms with Crippen molar-refractivity contribution in [1.29, 1.82) is 0 Å². The Bertz CT molecular complexity index is 980. The summed E-state index contributed by atoms with van der Waals surface area (Å²) in [6, 6.07) is 25.8. The van der Waals surface area contributed by atoms with Gasteiger partial charge in [0.2, 0.25) is 0 Å². The maximum Gasteiger partial charge on any atom is 0.122 e. The highest BCUT2D eigenvalue weighted by Gasteiger charge is 2.26. The summed E-state index contributed by atoms with van der Waals surface area (Å²) in [5.41, 5.74) is 5.77. The van der Waals surface area contributed by atoms with E-state index in [0.717, 1.165) is 36.7 Å². The molecule has 0 saturated carbocycles. The van der Waals surface area contributed by atoms with Gasteiger partial charge in [0.15, 0.2) is 0 Å². The monoisotopic (exact) mass is 501 g/mol. The van der Waals surface area contributed by atoms with Gasteiger partial charge in [0.1, 0.15) is 5.75 Å². The van der Waals surface area contributed by atoms with Gasteiger partial charge in [-0.15, -0.1) is 11.8 Å². The lowest BCUT2D eigenvalue weighted by Gasteiger charge is -2.13. The molecule has 3 aliphatic heterocycles. The van der Waals surface area contributed by atoms with E-state index >= 15 is 0 Å². The quantitative estimate of drug-likeness (QED) is 0.386. The number of rotatable bonds is 3. The van der Waals surface area contributed by atoms with Gasteiger partial charge in [0.05, 0.1) is 6.61 Å². The van der Waals surface area contributed by atoms with Gasteiger partial charge in [-0.25, -0.2) is 0 Å². The first-order chi connectivity index (χ1) is 17.4. The van der Waals surface area contributed by atoms with E-state index in [1.54, 1.807) is 5.56 Å². The molecular weight excluding hydrogens is 458 g/mol. The summed E-state index contributed by atoms with van der Waals surface area (Å²) in [4.78, 5) is 1.50. The molecular formula is C33H43NOS. The van der Waals surface area contributed by atoms with Crippen molar-refractivity contribution in [3.05, 3.63) is 89.5 Å². The number of ether oxygens (including phenoxy) is 1. The van der Waals surface area contributed by atoms with E-state index in [-0.39, 0.29) is 0 Å². The molecule has 3 aliphatic rings. The smallest absolute Gasteiger partial charge is 0.122 e. The van der Waals surface area contributed by atoms with Gasteiger partial charge in [-0.3, -0.25) is 0 Å². The molecule has 0 fully saturated rings. The molecule has 3 unspecified atom stereocenters. The molecule has 0 spiro atoms. The van der Waals surface area contributed by atoms with Crippen LogP contribution in [0.5, 0.6) is 5.75 Å². The second-order valence-electron chi connectivity index (χ2n) is 11.2. The zero-order valence-electron chi connectivity index (χ0n) is 22.8. The van der Waals surface area contributed by atoms with Crippen molar-refractivity contribution in [3.8, 4) is 5.75 Å². The number of anilines is 1. The fourth-order valence-electron chi connectivity index (χ4n) is 5.38. The van der Waals surface area contributed by atoms with Gasteiger partial charge in [0.25, 0.3) is 0 Å². The van der Waals surface area contributed by atoms with Crippen LogP contribution in [0.15, 0.2) is 77.7 Å². The Balaban J connectivity index is 0.000000127. The molecule has 0 bridgehead atoms. The second-order valence-corrected chi connectivity index (χ2v) is 12.3. The summed E-state index contributed by atoms with van der Waals surface area (Å²) in [7, 11) is 0. The Hall–Kier alpha value is -2.39. The number of hydrogen-bond acceptors (Lipinski definition) is 3. The minimum Gasteiger partial charge on any atom is -0.493 e. The third-order valence-electron chi connectivity index (χ3n) is 7.76. The van der Waals surface area contributed by atoms with E-state index in [1.165, 1.54) is 27.5 Å². The first-order valence-corrected chi connectivity index (χ1v) is 14.6. The summed E-state index contributed by atoms with van der Waals surface area (Å²) < 4.78 is 5.57. The lowest BCUT2D eigenvalue weighted by molar-refractivity contribution is 0.304. The predicted octanol–water partition coefficient (Wildman–Crippen LogP) is 9.20. The molecule has 0 amide bonds. The summed E-state index contributed by atoms with van der Waals surface area (Å²) in [5, 5.41) is 3.43. The van der Waals surface area contributed by atoms with Crippen LogP contribution in [0, 0.1) is 17.8 Å². The SMILES string of the molecule is CC(C)C1CNc2ccccc21.CC(C)C1COc2ccccc21.CC(C)C1CSc2ccccc21. The second kappa shape index (κ2) is 12.2. The van der Waals surface area contributed by atoms with Gasteiger partial charge < -0.3 is 10.1 Å².